The molecular formula is C13H19ClN2O. The number of hydrogen-bond acceptors (Lipinski definition) is 3. The van der Waals surface area contributed by atoms with Crippen LogP contribution >= 0.6 is 11.6 Å². The molecule has 1 aliphatic heterocycles. The van der Waals surface area contributed by atoms with Crippen molar-refractivity contribution in [3.8, 4) is 5.75 Å². The zero-order valence-corrected chi connectivity index (χ0v) is 11.2. The molecule has 2 rings (SSSR count). The molecule has 1 heterocycles. The number of hydrogen-bond donors (Lipinski definition) is 0. The Kier molecular flexibility index (Phi) is 4.13. The number of benzene rings is 1. The van der Waals surface area contributed by atoms with E-state index < -0.39 is 0 Å². The molecular weight excluding hydrogens is 236 g/mol. The molecule has 1 fully saturated rings. The molecule has 1 aromatic carbocycles. The Balaban J connectivity index is 2.14. The zero-order valence-electron chi connectivity index (χ0n) is 10.4. The normalized spacial score (nSPS) is 17.2. The van der Waals surface area contributed by atoms with Gasteiger partial charge in [-0.05, 0) is 24.7 Å². The van der Waals surface area contributed by atoms with Crippen LogP contribution in [0.3, 0.4) is 0 Å². The van der Waals surface area contributed by atoms with Gasteiger partial charge in [-0.3, -0.25) is 0 Å². The van der Waals surface area contributed by atoms with E-state index in [-0.39, 0.29) is 0 Å². The van der Waals surface area contributed by atoms with Gasteiger partial charge in [-0.15, -0.1) is 0 Å². The lowest BCUT2D eigenvalue weighted by atomic mass is 10.2. The topological polar surface area (TPSA) is 15.7 Å². The first-order valence-corrected chi connectivity index (χ1v) is 6.43. The summed E-state index contributed by atoms with van der Waals surface area (Å²) in [7, 11) is 1.70. The number of piperazine rings is 1. The van der Waals surface area contributed by atoms with Crippen LogP contribution in [-0.4, -0.2) is 44.7 Å². The summed E-state index contributed by atoms with van der Waals surface area (Å²) in [5.41, 5.74) is 1.11. The smallest absolute Gasteiger partial charge is 0.142 e. The van der Waals surface area contributed by atoms with E-state index in [9.17, 15) is 0 Å². The van der Waals surface area contributed by atoms with E-state index in [0.29, 0.717) is 0 Å². The predicted molar refractivity (Wildman–Crippen MR) is 72.3 cm³/mol. The van der Waals surface area contributed by atoms with Gasteiger partial charge in [-0.1, -0.05) is 18.5 Å². The lowest BCUT2D eigenvalue weighted by molar-refractivity contribution is 0.270. The molecule has 3 nitrogen and oxygen atoms in total. The highest BCUT2D eigenvalue weighted by atomic mass is 35.5. The second-order valence-electron chi connectivity index (χ2n) is 4.24. The summed E-state index contributed by atoms with van der Waals surface area (Å²) < 4.78 is 5.39. The van der Waals surface area contributed by atoms with E-state index in [1.54, 1.807) is 7.11 Å². The maximum Gasteiger partial charge on any atom is 0.142 e. The molecule has 17 heavy (non-hydrogen) atoms. The summed E-state index contributed by atoms with van der Waals surface area (Å²) >= 11 is 6.06. The summed E-state index contributed by atoms with van der Waals surface area (Å²) in [5, 5.41) is 0.763. The maximum absolute atomic E-state index is 6.06. The molecule has 0 amide bonds. The zero-order chi connectivity index (χ0) is 12.3. The van der Waals surface area contributed by atoms with Crippen molar-refractivity contribution in [2.45, 2.75) is 6.92 Å². The van der Waals surface area contributed by atoms with E-state index in [4.69, 9.17) is 16.3 Å². The third kappa shape index (κ3) is 2.85. The summed E-state index contributed by atoms with van der Waals surface area (Å²) in [6, 6.07) is 5.79. The first-order chi connectivity index (χ1) is 8.24. The Labute approximate surface area is 108 Å². The van der Waals surface area contributed by atoms with Crippen molar-refractivity contribution in [2.24, 2.45) is 0 Å². The number of rotatable bonds is 3. The van der Waals surface area contributed by atoms with Gasteiger partial charge in [0.1, 0.15) is 5.75 Å². The summed E-state index contributed by atoms with van der Waals surface area (Å²) in [6.45, 7) is 7.60. The molecule has 0 atom stereocenters. The molecule has 0 spiro atoms. The van der Waals surface area contributed by atoms with Gasteiger partial charge >= 0.3 is 0 Å². The van der Waals surface area contributed by atoms with Gasteiger partial charge in [0, 0.05) is 31.2 Å². The van der Waals surface area contributed by atoms with Crippen molar-refractivity contribution >= 4 is 17.3 Å². The van der Waals surface area contributed by atoms with Crippen molar-refractivity contribution in [3.63, 3.8) is 0 Å². The first kappa shape index (κ1) is 12.5. The largest absolute Gasteiger partial charge is 0.495 e. The second kappa shape index (κ2) is 5.61. The molecule has 94 valence electrons. The van der Waals surface area contributed by atoms with E-state index in [1.165, 1.54) is 0 Å². The van der Waals surface area contributed by atoms with E-state index >= 15 is 0 Å². The Morgan fingerprint density at radius 3 is 2.53 bits per heavy atom. The Hall–Kier alpha value is -0.930. The number of anilines is 1. The van der Waals surface area contributed by atoms with Gasteiger partial charge in [0.25, 0.3) is 0 Å². The average molecular weight is 255 g/mol. The minimum Gasteiger partial charge on any atom is -0.495 e. The van der Waals surface area contributed by atoms with E-state index in [1.807, 2.05) is 18.2 Å². The number of halogens is 1. The van der Waals surface area contributed by atoms with Crippen molar-refractivity contribution in [3.05, 3.63) is 23.2 Å². The van der Waals surface area contributed by atoms with Crippen LogP contribution in [-0.2, 0) is 0 Å². The van der Waals surface area contributed by atoms with E-state index in [0.717, 1.165) is 49.2 Å². The van der Waals surface area contributed by atoms with Gasteiger partial charge in [-0.2, -0.15) is 0 Å². The predicted octanol–water partition coefficient (Wildman–Crippen LogP) is 2.49. The fourth-order valence-corrected chi connectivity index (χ4v) is 2.38. The van der Waals surface area contributed by atoms with Crippen LogP contribution < -0.4 is 9.64 Å². The van der Waals surface area contributed by atoms with Crippen molar-refractivity contribution in [2.75, 3.05) is 44.7 Å². The second-order valence-corrected chi connectivity index (χ2v) is 4.67. The number of nitrogens with zero attached hydrogens (tertiary/aromatic N) is 2. The van der Waals surface area contributed by atoms with Crippen LogP contribution in [0.25, 0.3) is 0 Å². The van der Waals surface area contributed by atoms with Crippen molar-refractivity contribution in [1.82, 2.24) is 4.90 Å². The fourth-order valence-electron chi connectivity index (χ4n) is 2.22. The fraction of sp³-hybridized carbons (Fsp3) is 0.538. The highest BCUT2D eigenvalue weighted by molar-refractivity contribution is 6.30. The number of ether oxygens (including phenoxy) is 1. The summed E-state index contributed by atoms with van der Waals surface area (Å²) in [6.07, 6.45) is 0. The van der Waals surface area contributed by atoms with Crippen LogP contribution in [0.4, 0.5) is 5.69 Å². The molecule has 0 radical (unpaired) electrons. The Bertz CT molecular complexity index is 376. The third-order valence-corrected chi connectivity index (χ3v) is 3.54. The highest BCUT2D eigenvalue weighted by Gasteiger charge is 2.18. The molecule has 1 aromatic rings. The van der Waals surface area contributed by atoms with Gasteiger partial charge < -0.3 is 14.5 Å². The number of likely N-dealkylation sites (N-methyl/N-ethyl adjacent to an activating group) is 1. The molecule has 1 aliphatic rings. The highest BCUT2D eigenvalue weighted by Crippen LogP contribution is 2.31. The molecule has 0 aromatic heterocycles. The van der Waals surface area contributed by atoms with Crippen LogP contribution in [0.2, 0.25) is 5.02 Å². The lowest BCUT2D eigenvalue weighted by Crippen LogP contribution is -2.46. The SMILES string of the molecule is CCN1CCN(c2cc(Cl)ccc2OC)CC1. The third-order valence-electron chi connectivity index (χ3n) is 3.30. The molecule has 0 aliphatic carbocycles. The Morgan fingerprint density at radius 1 is 1.24 bits per heavy atom. The van der Waals surface area contributed by atoms with Crippen LogP contribution in [0.15, 0.2) is 18.2 Å². The Morgan fingerprint density at radius 2 is 1.94 bits per heavy atom. The van der Waals surface area contributed by atoms with Crippen molar-refractivity contribution in [1.29, 1.82) is 0 Å². The van der Waals surface area contributed by atoms with Gasteiger partial charge in [0.15, 0.2) is 0 Å². The van der Waals surface area contributed by atoms with Gasteiger partial charge in [0.05, 0.1) is 12.8 Å². The van der Waals surface area contributed by atoms with Gasteiger partial charge in [-0.25, -0.2) is 0 Å². The minimum atomic E-state index is 0.763. The molecule has 0 unspecified atom stereocenters. The molecule has 4 heteroatoms. The standard InChI is InChI=1S/C13H19ClN2O/c1-3-15-6-8-16(9-7-15)12-10-11(14)4-5-13(12)17-2/h4-5,10H,3,6-9H2,1-2H3. The monoisotopic (exact) mass is 254 g/mol. The average Bonchev–Trinajstić information content (AvgIpc) is 2.39. The van der Waals surface area contributed by atoms with Crippen LogP contribution in [0.1, 0.15) is 6.92 Å². The molecule has 1 saturated heterocycles. The van der Waals surface area contributed by atoms with Crippen molar-refractivity contribution < 1.29 is 4.74 Å². The van der Waals surface area contributed by atoms with Crippen LogP contribution in [0, 0.1) is 0 Å². The molecule has 0 bridgehead atoms. The lowest BCUT2D eigenvalue weighted by Gasteiger charge is -2.36. The summed E-state index contributed by atoms with van der Waals surface area (Å²) in [4.78, 5) is 4.80. The number of methoxy groups -OCH3 is 1. The minimum absolute atomic E-state index is 0.763. The maximum atomic E-state index is 6.06. The molecule has 0 saturated carbocycles. The molecule has 0 N–H and O–H groups in total. The van der Waals surface area contributed by atoms with Gasteiger partial charge in [0.2, 0.25) is 0 Å². The van der Waals surface area contributed by atoms with E-state index in [2.05, 4.69) is 16.7 Å². The quantitative estimate of drug-likeness (QED) is 0.824. The van der Waals surface area contributed by atoms with Crippen LogP contribution in [0.5, 0.6) is 5.75 Å². The first-order valence-electron chi connectivity index (χ1n) is 6.05. The summed E-state index contributed by atoms with van der Waals surface area (Å²) in [5.74, 6) is 0.902.